The highest BCUT2D eigenvalue weighted by atomic mass is 32.2. The molecule has 1 atom stereocenters. The molecule has 0 saturated carbocycles. The molecule has 0 aliphatic carbocycles. The molecule has 0 aromatic heterocycles. The molecule has 9 heteroatoms. The molecule has 0 radical (unpaired) electrons. The fourth-order valence-corrected chi connectivity index (χ4v) is 6.31. The summed E-state index contributed by atoms with van der Waals surface area (Å²) in [6, 6.07) is 13.1. The molecule has 1 aliphatic rings. The van der Waals surface area contributed by atoms with Crippen LogP contribution in [0.15, 0.2) is 48.5 Å². The third-order valence-electron chi connectivity index (χ3n) is 6.68. The molecular formula is C29H33FN2O5S. The standard InChI is InChI=1S/C29H33FN2O5S/c1-17-7-9-20(10-8-17)24-18(2)23-15-16-32(22-13-11-21(30)12-14-22)38(35,36)31-26(23)19(3)25(24)27(28(33)34)37-29(4,5)6/h7-14,27,31H,15-16H2,1-6H3,(H,33,34)/t27-/m0/s1. The Labute approximate surface area is 223 Å². The van der Waals surface area contributed by atoms with Crippen molar-refractivity contribution in [3.63, 3.8) is 0 Å². The molecule has 7 nitrogen and oxygen atoms in total. The molecule has 0 fully saturated rings. The van der Waals surface area contributed by atoms with Crippen molar-refractivity contribution < 1.29 is 27.4 Å². The van der Waals surface area contributed by atoms with Crippen LogP contribution in [0.5, 0.6) is 0 Å². The van der Waals surface area contributed by atoms with Gasteiger partial charge in [-0.15, -0.1) is 0 Å². The highest BCUT2D eigenvalue weighted by Gasteiger charge is 2.36. The number of benzene rings is 3. The van der Waals surface area contributed by atoms with Crippen molar-refractivity contribution in [3.8, 4) is 11.1 Å². The predicted octanol–water partition coefficient (Wildman–Crippen LogP) is 6.08. The maximum atomic E-state index is 13.5. The first kappa shape index (κ1) is 27.6. The number of hydrogen-bond donors (Lipinski definition) is 2. The number of halogens is 1. The molecule has 3 aromatic carbocycles. The van der Waals surface area contributed by atoms with E-state index < -0.39 is 33.7 Å². The lowest BCUT2D eigenvalue weighted by Crippen LogP contribution is -2.35. The number of aliphatic carboxylic acids is 1. The summed E-state index contributed by atoms with van der Waals surface area (Å²) in [4.78, 5) is 12.6. The Hall–Kier alpha value is -3.43. The van der Waals surface area contributed by atoms with Gasteiger partial charge in [0.15, 0.2) is 6.10 Å². The van der Waals surface area contributed by atoms with Gasteiger partial charge in [0.25, 0.3) is 0 Å². The zero-order valence-corrected chi connectivity index (χ0v) is 23.2. The quantitative estimate of drug-likeness (QED) is 0.409. The lowest BCUT2D eigenvalue weighted by atomic mass is 9.83. The second kappa shape index (κ2) is 10.0. The van der Waals surface area contributed by atoms with Crippen LogP contribution < -0.4 is 9.03 Å². The molecule has 0 saturated heterocycles. The van der Waals surface area contributed by atoms with Gasteiger partial charge >= 0.3 is 16.2 Å². The first-order chi connectivity index (χ1) is 17.7. The average Bonchev–Trinajstić information content (AvgIpc) is 2.96. The zero-order chi connectivity index (χ0) is 28.0. The minimum Gasteiger partial charge on any atom is -0.479 e. The predicted molar refractivity (Wildman–Crippen MR) is 147 cm³/mol. The van der Waals surface area contributed by atoms with Crippen LogP contribution in [-0.4, -0.2) is 31.6 Å². The molecular weight excluding hydrogens is 507 g/mol. The highest BCUT2D eigenvalue weighted by molar-refractivity contribution is 7.94. The van der Waals surface area contributed by atoms with E-state index in [1.807, 2.05) is 38.1 Å². The molecule has 2 N–H and O–H groups in total. The van der Waals surface area contributed by atoms with Crippen molar-refractivity contribution in [1.82, 2.24) is 0 Å². The van der Waals surface area contributed by atoms with Gasteiger partial charge in [-0.25, -0.2) is 9.18 Å². The minimum absolute atomic E-state index is 0.127. The normalized spacial score (nSPS) is 15.8. The lowest BCUT2D eigenvalue weighted by Gasteiger charge is -2.30. The van der Waals surface area contributed by atoms with E-state index in [1.54, 1.807) is 27.7 Å². The van der Waals surface area contributed by atoms with Crippen LogP contribution in [0.3, 0.4) is 0 Å². The fourth-order valence-electron chi connectivity index (χ4n) is 4.94. The van der Waals surface area contributed by atoms with Crippen LogP contribution in [0.4, 0.5) is 15.8 Å². The Balaban J connectivity index is 1.98. The zero-order valence-electron chi connectivity index (χ0n) is 22.4. The van der Waals surface area contributed by atoms with E-state index in [2.05, 4.69) is 4.72 Å². The molecule has 3 aromatic rings. The van der Waals surface area contributed by atoms with Crippen molar-refractivity contribution in [2.24, 2.45) is 0 Å². The fraction of sp³-hybridized carbons (Fsp3) is 0.345. The molecule has 0 bridgehead atoms. The summed E-state index contributed by atoms with van der Waals surface area (Å²) < 4.78 is 50.6. The summed E-state index contributed by atoms with van der Waals surface area (Å²) in [6.07, 6.45) is -0.973. The van der Waals surface area contributed by atoms with Crippen molar-refractivity contribution in [1.29, 1.82) is 0 Å². The molecule has 1 aliphatic heterocycles. The van der Waals surface area contributed by atoms with E-state index in [1.165, 1.54) is 28.6 Å². The number of aryl methyl sites for hydroxylation is 1. The topological polar surface area (TPSA) is 95.9 Å². The highest BCUT2D eigenvalue weighted by Crippen LogP contribution is 2.44. The SMILES string of the molecule is Cc1ccc(-c2c(C)c3c(c(C)c2[C@H](OC(C)(C)C)C(=O)O)NS(=O)(=O)N(c2ccc(F)cc2)CC3)cc1. The van der Waals surface area contributed by atoms with Gasteiger partial charge < -0.3 is 9.84 Å². The summed E-state index contributed by atoms with van der Waals surface area (Å²) in [5.41, 5.74) is 4.94. The molecule has 0 spiro atoms. The van der Waals surface area contributed by atoms with Crippen molar-refractivity contribution in [2.45, 2.75) is 59.7 Å². The number of carboxylic acid groups (broad SMARTS) is 1. The number of rotatable bonds is 5. The van der Waals surface area contributed by atoms with Gasteiger partial charge in [-0.05, 0) is 100 Å². The van der Waals surface area contributed by atoms with Gasteiger partial charge in [0.1, 0.15) is 5.82 Å². The van der Waals surface area contributed by atoms with Gasteiger partial charge in [0, 0.05) is 12.1 Å². The van der Waals surface area contributed by atoms with Gasteiger partial charge in [-0.3, -0.25) is 9.03 Å². The first-order valence-electron chi connectivity index (χ1n) is 12.4. The Morgan fingerprint density at radius 3 is 2.18 bits per heavy atom. The van der Waals surface area contributed by atoms with Gasteiger partial charge in [0.05, 0.1) is 17.0 Å². The van der Waals surface area contributed by atoms with E-state index >= 15 is 0 Å². The number of nitrogens with zero attached hydrogens (tertiary/aromatic N) is 1. The third kappa shape index (κ3) is 5.39. The second-order valence-corrected chi connectivity index (χ2v) is 12.2. The number of carbonyl (C=O) groups is 1. The number of ether oxygens (including phenoxy) is 1. The van der Waals surface area contributed by atoms with E-state index in [0.29, 0.717) is 34.5 Å². The minimum atomic E-state index is -4.09. The van der Waals surface area contributed by atoms with E-state index in [9.17, 15) is 22.7 Å². The lowest BCUT2D eigenvalue weighted by molar-refractivity contribution is -0.160. The number of nitrogens with one attached hydrogen (secondary N) is 1. The Morgan fingerprint density at radius 1 is 1.03 bits per heavy atom. The molecule has 1 heterocycles. The third-order valence-corrected chi connectivity index (χ3v) is 8.11. The summed E-state index contributed by atoms with van der Waals surface area (Å²) in [5.74, 6) is -1.63. The van der Waals surface area contributed by atoms with Gasteiger partial charge in [-0.1, -0.05) is 29.8 Å². The smallest absolute Gasteiger partial charge is 0.337 e. The van der Waals surface area contributed by atoms with Crippen molar-refractivity contribution in [3.05, 3.63) is 82.2 Å². The molecule has 38 heavy (non-hydrogen) atoms. The largest absolute Gasteiger partial charge is 0.479 e. The van der Waals surface area contributed by atoms with E-state index in [0.717, 1.165) is 22.3 Å². The van der Waals surface area contributed by atoms with Crippen molar-refractivity contribution in [2.75, 3.05) is 15.6 Å². The Kier molecular flexibility index (Phi) is 7.29. The van der Waals surface area contributed by atoms with Gasteiger partial charge in [0.2, 0.25) is 0 Å². The number of carboxylic acids is 1. The Bertz CT molecular complexity index is 1480. The summed E-state index contributed by atoms with van der Waals surface area (Å²) in [6.45, 7) is 11.1. The van der Waals surface area contributed by atoms with Crippen LogP contribution in [0.1, 0.15) is 54.7 Å². The van der Waals surface area contributed by atoms with Crippen LogP contribution in [0, 0.1) is 26.6 Å². The van der Waals surface area contributed by atoms with Crippen LogP contribution in [0.2, 0.25) is 0 Å². The Morgan fingerprint density at radius 2 is 1.63 bits per heavy atom. The summed E-state index contributed by atoms with van der Waals surface area (Å²) in [7, 11) is -4.09. The van der Waals surface area contributed by atoms with Crippen LogP contribution in [0.25, 0.3) is 11.1 Å². The van der Waals surface area contributed by atoms with E-state index in [4.69, 9.17) is 4.74 Å². The number of hydrogen-bond acceptors (Lipinski definition) is 4. The molecule has 4 rings (SSSR count). The van der Waals surface area contributed by atoms with Crippen LogP contribution in [-0.2, 0) is 26.2 Å². The maximum absolute atomic E-state index is 13.5. The van der Waals surface area contributed by atoms with Gasteiger partial charge in [-0.2, -0.15) is 8.42 Å². The monoisotopic (exact) mass is 540 g/mol. The van der Waals surface area contributed by atoms with Crippen molar-refractivity contribution >= 4 is 27.6 Å². The molecule has 0 unspecified atom stereocenters. The maximum Gasteiger partial charge on any atom is 0.337 e. The van der Waals surface area contributed by atoms with Crippen LogP contribution >= 0.6 is 0 Å². The summed E-state index contributed by atoms with van der Waals surface area (Å²) >= 11 is 0. The second-order valence-electron chi connectivity index (χ2n) is 10.6. The molecule has 202 valence electrons. The molecule has 0 amide bonds. The first-order valence-corrected chi connectivity index (χ1v) is 13.8. The summed E-state index contributed by atoms with van der Waals surface area (Å²) in [5, 5.41) is 10.3. The number of fused-ring (bicyclic) bond motifs is 1. The number of anilines is 2. The average molecular weight is 541 g/mol. The van der Waals surface area contributed by atoms with E-state index in [-0.39, 0.29) is 6.54 Å².